The van der Waals surface area contributed by atoms with Gasteiger partial charge in [-0.3, -0.25) is 9.59 Å². The van der Waals surface area contributed by atoms with E-state index in [-0.39, 0.29) is 11.8 Å². The van der Waals surface area contributed by atoms with Crippen molar-refractivity contribution in [3.63, 3.8) is 0 Å². The van der Waals surface area contributed by atoms with Gasteiger partial charge in [-0.05, 0) is 19.3 Å². The number of carbonyl (C=O) groups excluding carboxylic acids is 2. The van der Waals surface area contributed by atoms with Gasteiger partial charge in [0.15, 0.2) is 11.9 Å². The summed E-state index contributed by atoms with van der Waals surface area (Å²) in [5.41, 5.74) is 0. The summed E-state index contributed by atoms with van der Waals surface area (Å²) in [6.45, 7) is 2.25. The van der Waals surface area contributed by atoms with Gasteiger partial charge in [-0.25, -0.2) is 0 Å². The fraction of sp³-hybridized carbons (Fsp3) is 0.889. The lowest BCUT2D eigenvalue weighted by Gasteiger charge is -2.20. The van der Waals surface area contributed by atoms with Crippen LogP contribution in [0.15, 0.2) is 0 Å². The van der Waals surface area contributed by atoms with Crippen molar-refractivity contribution in [2.75, 3.05) is 0 Å². The van der Waals surface area contributed by atoms with E-state index in [4.69, 9.17) is 4.74 Å². The highest BCUT2D eigenvalue weighted by Gasteiger charge is 2.25. The Kier molecular flexibility index (Phi) is 10.2. The number of cyclic esters (lactones) is 1. The van der Waals surface area contributed by atoms with E-state index in [1.165, 1.54) is 51.4 Å². The Labute approximate surface area is 129 Å². The first-order valence-corrected chi connectivity index (χ1v) is 8.96. The second kappa shape index (κ2) is 11.8. The van der Waals surface area contributed by atoms with Crippen LogP contribution in [0.1, 0.15) is 96.8 Å². The number of ketones is 1. The van der Waals surface area contributed by atoms with Gasteiger partial charge in [0.2, 0.25) is 0 Å². The fourth-order valence-corrected chi connectivity index (χ4v) is 2.88. The molecule has 1 rings (SSSR count). The van der Waals surface area contributed by atoms with Gasteiger partial charge in [-0.2, -0.15) is 0 Å². The van der Waals surface area contributed by atoms with Crippen LogP contribution >= 0.6 is 0 Å². The second-order valence-electron chi connectivity index (χ2n) is 6.27. The van der Waals surface area contributed by atoms with Crippen LogP contribution in [-0.2, 0) is 14.3 Å². The van der Waals surface area contributed by atoms with Crippen molar-refractivity contribution >= 4 is 11.8 Å². The van der Waals surface area contributed by atoms with Crippen molar-refractivity contribution in [3.8, 4) is 0 Å². The Morgan fingerprint density at radius 1 is 1.00 bits per heavy atom. The molecular formula is C18H32O3. The first-order chi connectivity index (χ1) is 10.2. The number of hydrogen-bond donors (Lipinski definition) is 0. The molecule has 122 valence electrons. The van der Waals surface area contributed by atoms with Crippen LogP contribution in [-0.4, -0.2) is 17.9 Å². The number of esters is 1. The molecule has 0 spiro atoms. The summed E-state index contributed by atoms with van der Waals surface area (Å²) >= 11 is 0. The minimum Gasteiger partial charge on any atom is -0.454 e. The summed E-state index contributed by atoms with van der Waals surface area (Å²) in [5.74, 6) is -0.0784. The van der Waals surface area contributed by atoms with Crippen molar-refractivity contribution < 1.29 is 14.3 Å². The topological polar surface area (TPSA) is 43.4 Å². The highest BCUT2D eigenvalue weighted by molar-refractivity contribution is 5.86. The van der Waals surface area contributed by atoms with Crippen LogP contribution in [0.25, 0.3) is 0 Å². The molecule has 0 N–H and O–H groups in total. The minimum absolute atomic E-state index is 0.127. The molecule has 1 heterocycles. The van der Waals surface area contributed by atoms with Crippen molar-refractivity contribution in [1.29, 1.82) is 0 Å². The molecule has 1 aliphatic heterocycles. The largest absolute Gasteiger partial charge is 0.454 e. The minimum atomic E-state index is -0.440. The second-order valence-corrected chi connectivity index (χ2v) is 6.27. The molecule has 0 aromatic rings. The van der Waals surface area contributed by atoms with E-state index in [1.54, 1.807) is 0 Å². The molecule has 0 radical (unpaired) electrons. The van der Waals surface area contributed by atoms with Crippen LogP contribution in [0.3, 0.4) is 0 Å². The zero-order chi connectivity index (χ0) is 15.3. The molecule has 0 amide bonds. The maximum absolute atomic E-state index is 11.9. The summed E-state index contributed by atoms with van der Waals surface area (Å²) in [7, 11) is 0. The van der Waals surface area contributed by atoms with E-state index in [9.17, 15) is 9.59 Å². The Morgan fingerprint density at radius 3 is 2.14 bits per heavy atom. The Balaban J connectivity index is 1.89. The molecular weight excluding hydrogens is 264 g/mol. The molecule has 1 saturated heterocycles. The van der Waals surface area contributed by atoms with Crippen LogP contribution in [0.2, 0.25) is 0 Å². The smallest absolute Gasteiger partial charge is 0.306 e. The maximum atomic E-state index is 11.9. The predicted molar refractivity (Wildman–Crippen MR) is 85.2 cm³/mol. The lowest BCUT2D eigenvalue weighted by molar-refractivity contribution is -0.159. The van der Waals surface area contributed by atoms with E-state index in [0.717, 1.165) is 25.7 Å². The molecule has 0 aromatic carbocycles. The number of carbonyl (C=O) groups is 2. The highest BCUT2D eigenvalue weighted by atomic mass is 16.5. The highest BCUT2D eigenvalue weighted by Crippen LogP contribution is 2.18. The third kappa shape index (κ3) is 8.90. The number of ether oxygens (including phenoxy) is 1. The van der Waals surface area contributed by atoms with Crippen molar-refractivity contribution in [1.82, 2.24) is 0 Å². The van der Waals surface area contributed by atoms with E-state index >= 15 is 0 Å². The van der Waals surface area contributed by atoms with Crippen LogP contribution in [0.5, 0.6) is 0 Å². The molecule has 0 saturated carbocycles. The van der Waals surface area contributed by atoms with E-state index in [1.807, 2.05) is 0 Å². The average Bonchev–Trinajstić information content (AvgIpc) is 2.49. The van der Waals surface area contributed by atoms with E-state index in [0.29, 0.717) is 12.8 Å². The number of hydrogen-bond acceptors (Lipinski definition) is 3. The van der Waals surface area contributed by atoms with Crippen LogP contribution in [0.4, 0.5) is 0 Å². The Bertz CT molecular complexity index is 299. The molecule has 0 aromatic heterocycles. The van der Waals surface area contributed by atoms with Gasteiger partial charge in [-0.15, -0.1) is 0 Å². The number of unbranched alkanes of at least 4 members (excludes halogenated alkanes) is 9. The van der Waals surface area contributed by atoms with Crippen molar-refractivity contribution in [3.05, 3.63) is 0 Å². The van der Waals surface area contributed by atoms with Gasteiger partial charge in [0, 0.05) is 12.8 Å². The summed E-state index contributed by atoms with van der Waals surface area (Å²) in [5, 5.41) is 0. The molecule has 0 aliphatic carbocycles. The molecule has 3 heteroatoms. The normalized spacial score (nSPS) is 18.5. The van der Waals surface area contributed by atoms with Gasteiger partial charge < -0.3 is 4.74 Å². The van der Waals surface area contributed by atoms with E-state index < -0.39 is 6.10 Å². The third-order valence-corrected chi connectivity index (χ3v) is 4.26. The van der Waals surface area contributed by atoms with Gasteiger partial charge in [-0.1, -0.05) is 64.7 Å². The van der Waals surface area contributed by atoms with Crippen LogP contribution < -0.4 is 0 Å². The fourth-order valence-electron chi connectivity index (χ4n) is 2.88. The molecule has 0 bridgehead atoms. The molecule has 1 atom stereocenters. The number of rotatable bonds is 12. The SMILES string of the molecule is CCCCCCCCCCCCC(=O)[C@H]1CCCC(=O)O1. The monoisotopic (exact) mass is 296 g/mol. The lowest BCUT2D eigenvalue weighted by atomic mass is 10.00. The first kappa shape index (κ1) is 18.2. The quantitative estimate of drug-likeness (QED) is 0.377. The Morgan fingerprint density at radius 2 is 1.57 bits per heavy atom. The maximum Gasteiger partial charge on any atom is 0.306 e. The first-order valence-electron chi connectivity index (χ1n) is 8.96. The van der Waals surface area contributed by atoms with Gasteiger partial charge in [0.25, 0.3) is 0 Å². The summed E-state index contributed by atoms with van der Waals surface area (Å²) in [4.78, 5) is 23.0. The van der Waals surface area contributed by atoms with Crippen molar-refractivity contribution in [2.45, 2.75) is 103 Å². The van der Waals surface area contributed by atoms with Crippen molar-refractivity contribution in [2.24, 2.45) is 0 Å². The summed E-state index contributed by atoms with van der Waals surface area (Å²) in [6.07, 6.45) is 14.8. The molecule has 1 fully saturated rings. The lowest BCUT2D eigenvalue weighted by Crippen LogP contribution is -2.30. The average molecular weight is 296 g/mol. The van der Waals surface area contributed by atoms with Gasteiger partial charge >= 0.3 is 5.97 Å². The van der Waals surface area contributed by atoms with E-state index in [2.05, 4.69) is 6.92 Å². The van der Waals surface area contributed by atoms with Gasteiger partial charge in [0.05, 0.1) is 0 Å². The molecule has 0 unspecified atom stereocenters. The van der Waals surface area contributed by atoms with Gasteiger partial charge in [0.1, 0.15) is 0 Å². The molecule has 3 nitrogen and oxygen atoms in total. The standard InChI is InChI=1S/C18H32O3/c1-2-3-4-5-6-7-8-9-10-11-13-16(19)17-14-12-15-18(20)21-17/h17H,2-15H2,1H3/t17-/m1/s1. The molecule has 21 heavy (non-hydrogen) atoms. The number of Topliss-reactive ketones (excluding diaryl/α,β-unsaturated/α-hetero) is 1. The molecule has 1 aliphatic rings. The Hall–Kier alpha value is -0.860. The van der Waals surface area contributed by atoms with Crippen LogP contribution in [0, 0.1) is 0 Å². The predicted octanol–water partition coefficient (Wildman–Crippen LogP) is 4.96. The summed E-state index contributed by atoms with van der Waals surface area (Å²) < 4.78 is 5.10. The third-order valence-electron chi connectivity index (χ3n) is 4.26. The summed E-state index contributed by atoms with van der Waals surface area (Å²) in [6, 6.07) is 0. The zero-order valence-electron chi connectivity index (χ0n) is 13.7. The zero-order valence-corrected chi connectivity index (χ0v) is 13.7.